The van der Waals surface area contributed by atoms with Crippen LogP contribution in [0, 0.1) is 33.8 Å². The van der Waals surface area contributed by atoms with Crippen molar-refractivity contribution in [3.8, 4) is 0 Å². The Labute approximate surface area is 197 Å². The second kappa shape index (κ2) is 8.11. The normalized spacial score (nSPS) is 26.2. The number of fused-ring (bicyclic) bond motifs is 3. The van der Waals surface area contributed by atoms with E-state index in [0.717, 1.165) is 11.3 Å². The lowest BCUT2D eigenvalue weighted by Crippen LogP contribution is -2.53. The van der Waals surface area contributed by atoms with Gasteiger partial charge in [0, 0.05) is 48.4 Å². The molecule has 2 aliphatic carbocycles. The molecule has 9 nitrogen and oxygen atoms in total. The third-order valence-electron chi connectivity index (χ3n) is 6.93. The van der Waals surface area contributed by atoms with Crippen LogP contribution in [-0.2, 0) is 9.59 Å². The zero-order valence-corrected chi connectivity index (χ0v) is 18.9. The van der Waals surface area contributed by atoms with Crippen molar-refractivity contribution in [1.29, 1.82) is 0 Å². The van der Waals surface area contributed by atoms with Gasteiger partial charge in [0.25, 0.3) is 11.6 Å². The number of hydrogen-bond donors (Lipinski definition) is 1. The minimum absolute atomic E-state index is 0.0373. The van der Waals surface area contributed by atoms with Crippen LogP contribution in [0.5, 0.6) is 0 Å². The number of hydrogen-bond acceptors (Lipinski definition) is 6. The van der Waals surface area contributed by atoms with Crippen LogP contribution in [0.3, 0.4) is 0 Å². The number of aliphatic carboxylic acids is 1. The summed E-state index contributed by atoms with van der Waals surface area (Å²) in [5.74, 6) is -2.72. The van der Waals surface area contributed by atoms with E-state index in [4.69, 9.17) is 11.6 Å². The molecule has 4 atom stereocenters. The van der Waals surface area contributed by atoms with E-state index in [0.29, 0.717) is 47.6 Å². The lowest BCUT2D eigenvalue weighted by Gasteiger charge is -2.37. The average Bonchev–Trinajstić information content (AvgIpc) is 3.51. The first-order valence-corrected chi connectivity index (χ1v) is 11.8. The van der Waals surface area contributed by atoms with Gasteiger partial charge in [-0.1, -0.05) is 23.8 Å². The number of carboxylic acid groups (broad SMARTS) is 1. The van der Waals surface area contributed by atoms with Crippen LogP contribution in [0.15, 0.2) is 30.4 Å². The molecule has 1 aromatic carbocycles. The number of rotatable bonds is 4. The molecule has 0 spiro atoms. The van der Waals surface area contributed by atoms with Gasteiger partial charge in [0.2, 0.25) is 5.91 Å². The van der Waals surface area contributed by atoms with Gasteiger partial charge in [-0.15, -0.1) is 11.3 Å². The number of carbonyl (C=O) groups is 3. The van der Waals surface area contributed by atoms with Gasteiger partial charge in [-0.3, -0.25) is 24.5 Å². The summed E-state index contributed by atoms with van der Waals surface area (Å²) in [6, 6.07) is 4.30. The summed E-state index contributed by atoms with van der Waals surface area (Å²) in [7, 11) is 0. The minimum atomic E-state index is -0.932. The van der Waals surface area contributed by atoms with Gasteiger partial charge >= 0.3 is 5.97 Å². The van der Waals surface area contributed by atoms with Crippen molar-refractivity contribution in [2.45, 2.75) is 6.42 Å². The molecule has 2 aromatic rings. The summed E-state index contributed by atoms with van der Waals surface area (Å²) < 4.78 is 0.565. The number of amides is 2. The summed E-state index contributed by atoms with van der Waals surface area (Å²) in [4.78, 5) is 52.2. The highest BCUT2D eigenvalue weighted by Crippen LogP contribution is 2.49. The van der Waals surface area contributed by atoms with Crippen LogP contribution in [0.2, 0.25) is 5.02 Å². The summed E-state index contributed by atoms with van der Waals surface area (Å²) in [6.07, 6.45) is 4.57. The third kappa shape index (κ3) is 3.57. The second-order valence-electron chi connectivity index (χ2n) is 8.64. The molecule has 1 saturated carbocycles. The number of nitrogens with zero attached hydrogens (tertiary/aromatic N) is 3. The number of nitro benzene ring substituents is 1. The maximum atomic E-state index is 13.2. The molecule has 2 fully saturated rings. The molecular weight excluding hydrogens is 470 g/mol. The van der Waals surface area contributed by atoms with Gasteiger partial charge in [-0.25, -0.2) is 0 Å². The second-order valence-corrected chi connectivity index (χ2v) is 10.1. The number of nitro groups is 1. The van der Waals surface area contributed by atoms with Crippen molar-refractivity contribution in [2.75, 3.05) is 26.2 Å². The zero-order valence-electron chi connectivity index (χ0n) is 17.3. The predicted molar refractivity (Wildman–Crippen MR) is 121 cm³/mol. The van der Waals surface area contributed by atoms with Crippen molar-refractivity contribution in [3.63, 3.8) is 0 Å². The quantitative estimate of drug-likeness (QED) is 0.399. The van der Waals surface area contributed by atoms with Gasteiger partial charge < -0.3 is 14.9 Å². The Hall–Kier alpha value is -2.98. The number of thiophene rings is 1. The molecule has 2 amide bonds. The van der Waals surface area contributed by atoms with E-state index in [1.165, 1.54) is 12.1 Å². The molecule has 172 valence electrons. The molecule has 33 heavy (non-hydrogen) atoms. The van der Waals surface area contributed by atoms with E-state index >= 15 is 0 Å². The van der Waals surface area contributed by atoms with E-state index in [9.17, 15) is 29.6 Å². The van der Waals surface area contributed by atoms with E-state index in [2.05, 4.69) is 0 Å². The van der Waals surface area contributed by atoms with E-state index in [1.807, 2.05) is 12.2 Å². The molecule has 1 aromatic heterocycles. The molecule has 0 radical (unpaired) electrons. The average molecular weight is 490 g/mol. The smallest absolute Gasteiger partial charge is 0.307 e. The van der Waals surface area contributed by atoms with Gasteiger partial charge in [0.15, 0.2) is 0 Å². The van der Waals surface area contributed by atoms with Crippen LogP contribution in [-0.4, -0.2) is 63.8 Å². The molecule has 1 aliphatic heterocycles. The molecule has 3 aliphatic rings. The third-order valence-corrected chi connectivity index (χ3v) is 8.57. The Morgan fingerprint density at radius 3 is 2.33 bits per heavy atom. The standard InChI is InChI=1S/C22H20ClN3O6S/c23-18-14-4-3-13(26(31)32)10-15(14)33-19(18)21(28)25-7-5-24(6-8-25)20(27)16-11-1-2-12(9-11)17(16)22(29)30/h1-4,10-12,16-17H,5-9H2,(H,29,30)/t11-,12-,16+,17-/m0/s1. The Morgan fingerprint density at radius 2 is 1.70 bits per heavy atom. The minimum Gasteiger partial charge on any atom is -0.481 e. The predicted octanol–water partition coefficient (Wildman–Crippen LogP) is 3.27. The number of carbonyl (C=O) groups excluding carboxylic acids is 2. The van der Waals surface area contributed by atoms with Crippen molar-refractivity contribution >= 4 is 56.5 Å². The zero-order chi connectivity index (χ0) is 23.4. The fourth-order valence-electron chi connectivity index (χ4n) is 5.28. The van der Waals surface area contributed by atoms with Crippen LogP contribution in [0.4, 0.5) is 5.69 Å². The van der Waals surface area contributed by atoms with Crippen molar-refractivity contribution in [2.24, 2.45) is 23.7 Å². The topological polar surface area (TPSA) is 121 Å². The number of halogens is 1. The summed E-state index contributed by atoms with van der Waals surface area (Å²) in [5.41, 5.74) is -0.0679. The first-order chi connectivity index (χ1) is 15.8. The van der Waals surface area contributed by atoms with Crippen LogP contribution < -0.4 is 0 Å². The highest BCUT2D eigenvalue weighted by Gasteiger charge is 2.52. The van der Waals surface area contributed by atoms with Crippen LogP contribution in [0.25, 0.3) is 10.1 Å². The van der Waals surface area contributed by atoms with Crippen molar-refractivity contribution < 1.29 is 24.4 Å². The van der Waals surface area contributed by atoms with E-state index in [1.54, 1.807) is 15.9 Å². The van der Waals surface area contributed by atoms with Crippen LogP contribution >= 0.6 is 22.9 Å². The lowest BCUT2D eigenvalue weighted by atomic mass is 9.82. The largest absolute Gasteiger partial charge is 0.481 e. The molecule has 1 N–H and O–H groups in total. The number of allylic oxidation sites excluding steroid dienone is 2. The fourth-order valence-corrected chi connectivity index (χ4v) is 6.80. The summed E-state index contributed by atoms with van der Waals surface area (Å²) in [5, 5.41) is 21.5. The molecule has 11 heteroatoms. The molecule has 2 bridgehead atoms. The van der Waals surface area contributed by atoms with Gasteiger partial charge in [-0.2, -0.15) is 0 Å². The van der Waals surface area contributed by atoms with Gasteiger partial charge in [-0.05, 0) is 24.3 Å². The van der Waals surface area contributed by atoms with Gasteiger partial charge in [0.05, 0.1) is 21.8 Å². The van der Waals surface area contributed by atoms with Crippen molar-refractivity contribution in [3.05, 3.63) is 50.4 Å². The molecule has 5 rings (SSSR count). The lowest BCUT2D eigenvalue weighted by molar-refractivity contribution is -0.384. The number of non-ortho nitro benzene ring substituents is 1. The highest BCUT2D eigenvalue weighted by atomic mass is 35.5. The number of carboxylic acids is 1. The van der Waals surface area contributed by atoms with Gasteiger partial charge in [0.1, 0.15) is 4.88 Å². The maximum Gasteiger partial charge on any atom is 0.307 e. The van der Waals surface area contributed by atoms with E-state index in [-0.39, 0.29) is 34.4 Å². The Kier molecular flexibility index (Phi) is 5.37. The summed E-state index contributed by atoms with van der Waals surface area (Å²) in [6.45, 7) is 1.26. The Morgan fingerprint density at radius 1 is 1.06 bits per heavy atom. The molecule has 2 heterocycles. The number of benzene rings is 1. The first-order valence-electron chi connectivity index (χ1n) is 10.6. The van der Waals surface area contributed by atoms with Crippen molar-refractivity contribution in [1.82, 2.24) is 9.80 Å². The summed E-state index contributed by atoms with van der Waals surface area (Å²) >= 11 is 7.53. The Bertz CT molecular complexity index is 1220. The SMILES string of the molecule is O=C(O)[C@@H]1[C@H](C(=O)N2CCN(C(=O)c3sc4cc([N+](=O)[O-])ccc4c3Cl)CC2)[C@H]2C=C[C@H]1C2. The number of piperazine rings is 1. The van der Waals surface area contributed by atoms with Crippen LogP contribution in [0.1, 0.15) is 16.1 Å². The molecule has 0 unspecified atom stereocenters. The molecule has 1 saturated heterocycles. The van der Waals surface area contributed by atoms with E-state index < -0.39 is 22.7 Å². The Balaban J connectivity index is 1.28. The monoisotopic (exact) mass is 489 g/mol. The highest BCUT2D eigenvalue weighted by molar-refractivity contribution is 7.21. The first kappa shape index (κ1) is 21.8. The molecular formula is C22H20ClN3O6S. The maximum absolute atomic E-state index is 13.2. The fraction of sp³-hybridized carbons (Fsp3) is 0.409.